The molecule has 8 nitrogen and oxygen atoms in total. The number of amides is 1. The Bertz CT molecular complexity index is 1020. The number of thioether (sulfide) groups is 2. The molecular formula is C20H20N4O4S3. The lowest BCUT2D eigenvalue weighted by atomic mass is 10.2. The van der Waals surface area contributed by atoms with E-state index in [2.05, 4.69) is 32.9 Å². The Labute approximate surface area is 192 Å². The van der Waals surface area contributed by atoms with Crippen LogP contribution in [0, 0.1) is 0 Å². The summed E-state index contributed by atoms with van der Waals surface area (Å²) < 4.78 is 11.8. The average molecular weight is 477 g/mol. The van der Waals surface area contributed by atoms with Gasteiger partial charge in [0.1, 0.15) is 0 Å². The average Bonchev–Trinajstić information content (AvgIpc) is 3.26. The second kappa shape index (κ2) is 11.6. The summed E-state index contributed by atoms with van der Waals surface area (Å²) in [6, 6.07) is 13.3. The monoisotopic (exact) mass is 476 g/mol. The molecule has 1 heterocycles. The van der Waals surface area contributed by atoms with Crippen molar-refractivity contribution in [1.29, 1.82) is 0 Å². The van der Waals surface area contributed by atoms with E-state index < -0.39 is 0 Å². The van der Waals surface area contributed by atoms with E-state index in [1.807, 2.05) is 18.2 Å². The van der Waals surface area contributed by atoms with Crippen molar-refractivity contribution in [2.75, 3.05) is 20.0 Å². The van der Waals surface area contributed by atoms with Crippen LogP contribution >= 0.6 is 34.9 Å². The number of benzene rings is 2. The van der Waals surface area contributed by atoms with Crippen LogP contribution < -0.4 is 14.9 Å². The molecule has 0 aliphatic rings. The van der Waals surface area contributed by atoms with Gasteiger partial charge in [-0.3, -0.25) is 4.79 Å². The SMILES string of the molecule is COc1cc(C=NNC(=O)CSc2nnc(SCc3ccccc3)s2)cc(OC)c1O. The second-order valence-electron chi connectivity index (χ2n) is 5.96. The van der Waals surface area contributed by atoms with Crippen molar-refractivity contribution in [2.24, 2.45) is 5.10 Å². The molecule has 0 saturated carbocycles. The summed E-state index contributed by atoms with van der Waals surface area (Å²) in [5.41, 5.74) is 4.28. The van der Waals surface area contributed by atoms with Gasteiger partial charge >= 0.3 is 0 Å². The van der Waals surface area contributed by atoms with E-state index in [0.29, 0.717) is 5.56 Å². The lowest BCUT2D eigenvalue weighted by Gasteiger charge is -2.09. The largest absolute Gasteiger partial charge is 0.502 e. The predicted molar refractivity (Wildman–Crippen MR) is 124 cm³/mol. The van der Waals surface area contributed by atoms with Crippen LogP contribution in [0.25, 0.3) is 0 Å². The van der Waals surface area contributed by atoms with Gasteiger partial charge < -0.3 is 14.6 Å². The molecule has 0 aliphatic heterocycles. The van der Waals surface area contributed by atoms with Crippen molar-refractivity contribution >= 4 is 47.0 Å². The first-order valence-electron chi connectivity index (χ1n) is 8.99. The van der Waals surface area contributed by atoms with Gasteiger partial charge in [-0.25, -0.2) is 5.43 Å². The van der Waals surface area contributed by atoms with Crippen LogP contribution in [0.2, 0.25) is 0 Å². The van der Waals surface area contributed by atoms with Gasteiger partial charge in [0, 0.05) is 11.3 Å². The zero-order valence-electron chi connectivity index (χ0n) is 16.8. The van der Waals surface area contributed by atoms with Crippen LogP contribution in [0.4, 0.5) is 0 Å². The van der Waals surface area contributed by atoms with Crippen LogP contribution in [0.5, 0.6) is 17.2 Å². The van der Waals surface area contributed by atoms with Crippen LogP contribution in [0.3, 0.4) is 0 Å². The third kappa shape index (κ3) is 6.88. The molecule has 0 spiro atoms. The number of aromatic nitrogens is 2. The fourth-order valence-corrected chi connectivity index (χ4v) is 5.13. The summed E-state index contributed by atoms with van der Waals surface area (Å²) in [4.78, 5) is 12.0. The highest BCUT2D eigenvalue weighted by atomic mass is 32.2. The molecule has 0 radical (unpaired) electrons. The molecule has 0 saturated heterocycles. The van der Waals surface area contributed by atoms with Crippen LogP contribution in [0.1, 0.15) is 11.1 Å². The van der Waals surface area contributed by atoms with Crippen LogP contribution in [0.15, 0.2) is 56.2 Å². The smallest absolute Gasteiger partial charge is 0.250 e. The van der Waals surface area contributed by atoms with Crippen molar-refractivity contribution in [3.63, 3.8) is 0 Å². The Hall–Kier alpha value is -2.76. The minimum atomic E-state index is -0.271. The van der Waals surface area contributed by atoms with Gasteiger partial charge in [0.25, 0.3) is 5.91 Å². The zero-order chi connectivity index (χ0) is 22.1. The molecule has 0 atom stereocenters. The number of phenols is 1. The molecule has 31 heavy (non-hydrogen) atoms. The van der Waals surface area contributed by atoms with Crippen molar-refractivity contribution in [3.05, 3.63) is 53.6 Å². The molecule has 0 aliphatic carbocycles. The summed E-state index contributed by atoms with van der Waals surface area (Å²) in [5.74, 6) is 1.12. The standard InChI is InChI=1S/C20H20N4O4S3/c1-27-15-8-14(9-16(28-2)18(15)26)10-21-22-17(25)12-30-20-24-23-19(31-20)29-11-13-6-4-3-5-7-13/h3-10,26H,11-12H2,1-2H3,(H,22,25). The fraction of sp³-hybridized carbons (Fsp3) is 0.200. The number of carbonyl (C=O) groups excluding carboxylic acids is 1. The first kappa shape index (κ1) is 22.9. The predicted octanol–water partition coefficient (Wildman–Crippen LogP) is 3.80. The van der Waals surface area contributed by atoms with Crippen molar-refractivity contribution in [1.82, 2.24) is 15.6 Å². The topological polar surface area (TPSA) is 106 Å². The number of phenolic OH excluding ortho intramolecular Hbond substituents is 1. The highest BCUT2D eigenvalue weighted by Gasteiger charge is 2.11. The number of hydrogen-bond donors (Lipinski definition) is 2. The Kier molecular flexibility index (Phi) is 8.56. The number of hydrogen-bond acceptors (Lipinski definition) is 10. The van der Waals surface area contributed by atoms with Crippen LogP contribution in [-0.4, -0.2) is 47.4 Å². The fourth-order valence-electron chi connectivity index (χ4n) is 2.36. The van der Waals surface area contributed by atoms with Gasteiger partial charge in [0.15, 0.2) is 20.2 Å². The number of carbonyl (C=O) groups is 1. The van der Waals surface area contributed by atoms with Gasteiger partial charge in [-0.15, -0.1) is 10.2 Å². The van der Waals surface area contributed by atoms with Crippen molar-refractivity contribution in [3.8, 4) is 17.2 Å². The summed E-state index contributed by atoms with van der Waals surface area (Å²) in [6.45, 7) is 0. The van der Waals surface area contributed by atoms with Gasteiger partial charge in [0.05, 0.1) is 26.2 Å². The minimum absolute atomic E-state index is 0.0963. The molecule has 162 valence electrons. The molecule has 0 bridgehead atoms. The van der Waals surface area contributed by atoms with E-state index in [4.69, 9.17) is 9.47 Å². The van der Waals surface area contributed by atoms with E-state index >= 15 is 0 Å². The highest BCUT2D eigenvalue weighted by Crippen LogP contribution is 2.36. The molecule has 0 fully saturated rings. The number of nitrogens with zero attached hydrogens (tertiary/aromatic N) is 3. The Balaban J connectivity index is 1.46. The first-order valence-corrected chi connectivity index (χ1v) is 11.8. The normalized spacial score (nSPS) is 10.9. The number of hydrazone groups is 1. The lowest BCUT2D eigenvalue weighted by Crippen LogP contribution is -2.19. The molecule has 0 unspecified atom stereocenters. The number of methoxy groups -OCH3 is 2. The van der Waals surface area contributed by atoms with E-state index in [1.165, 1.54) is 49.1 Å². The maximum Gasteiger partial charge on any atom is 0.250 e. The number of aromatic hydroxyl groups is 1. The third-order valence-electron chi connectivity index (χ3n) is 3.82. The quantitative estimate of drug-likeness (QED) is 0.259. The third-order valence-corrected chi connectivity index (χ3v) is 7.09. The van der Waals surface area contributed by atoms with E-state index in [0.717, 1.165) is 14.4 Å². The molecular weight excluding hydrogens is 456 g/mol. The van der Waals surface area contributed by atoms with E-state index in [1.54, 1.807) is 23.9 Å². The van der Waals surface area contributed by atoms with Crippen molar-refractivity contribution < 1.29 is 19.4 Å². The highest BCUT2D eigenvalue weighted by molar-refractivity contribution is 8.03. The molecule has 2 N–H and O–H groups in total. The maximum absolute atomic E-state index is 12.0. The summed E-state index contributed by atoms with van der Waals surface area (Å²) >= 11 is 4.38. The summed E-state index contributed by atoms with van der Waals surface area (Å²) in [7, 11) is 2.88. The van der Waals surface area contributed by atoms with E-state index in [-0.39, 0.29) is 28.9 Å². The van der Waals surface area contributed by atoms with Crippen molar-refractivity contribution in [2.45, 2.75) is 14.4 Å². The number of nitrogens with one attached hydrogen (secondary N) is 1. The maximum atomic E-state index is 12.0. The van der Waals surface area contributed by atoms with Crippen LogP contribution in [-0.2, 0) is 10.5 Å². The molecule has 3 rings (SSSR count). The van der Waals surface area contributed by atoms with Gasteiger partial charge in [-0.1, -0.05) is 65.2 Å². The van der Waals surface area contributed by atoms with Gasteiger partial charge in [-0.05, 0) is 17.7 Å². The minimum Gasteiger partial charge on any atom is -0.502 e. The second-order valence-corrected chi connectivity index (χ2v) is 9.39. The Morgan fingerprint density at radius 1 is 1.13 bits per heavy atom. The van der Waals surface area contributed by atoms with Gasteiger partial charge in [0.2, 0.25) is 5.75 Å². The Morgan fingerprint density at radius 3 is 2.42 bits per heavy atom. The van der Waals surface area contributed by atoms with E-state index in [9.17, 15) is 9.90 Å². The van der Waals surface area contributed by atoms with Gasteiger partial charge in [-0.2, -0.15) is 5.10 Å². The zero-order valence-corrected chi connectivity index (χ0v) is 19.2. The lowest BCUT2D eigenvalue weighted by molar-refractivity contribution is -0.118. The molecule has 3 aromatic rings. The molecule has 1 aromatic heterocycles. The molecule has 11 heteroatoms. The summed E-state index contributed by atoms with van der Waals surface area (Å²) in [6.07, 6.45) is 1.44. The molecule has 1 amide bonds. The first-order chi connectivity index (χ1) is 15.1. The molecule has 2 aromatic carbocycles. The number of ether oxygens (including phenoxy) is 2. The Morgan fingerprint density at radius 2 is 1.77 bits per heavy atom. The number of rotatable bonds is 10. The summed E-state index contributed by atoms with van der Waals surface area (Å²) in [5, 5.41) is 22.1.